The molecule has 0 saturated heterocycles. The summed E-state index contributed by atoms with van der Waals surface area (Å²) in [6.45, 7) is 3.80. The second-order valence-electron chi connectivity index (χ2n) is 7.01. The summed E-state index contributed by atoms with van der Waals surface area (Å²) in [4.78, 5) is 29.0. The highest BCUT2D eigenvalue weighted by Gasteiger charge is 2.18. The molecule has 158 valence electrons. The first kappa shape index (κ1) is 19.7. The molecule has 10 heteroatoms. The third kappa shape index (κ3) is 3.57. The summed E-state index contributed by atoms with van der Waals surface area (Å²) in [5, 5.41) is 11.7. The number of thiazole rings is 1. The van der Waals surface area contributed by atoms with Gasteiger partial charge in [-0.1, -0.05) is 18.3 Å². The minimum atomic E-state index is -0.444. The number of nitro benzene ring substituents is 1. The predicted molar refractivity (Wildman–Crippen MR) is 119 cm³/mol. The van der Waals surface area contributed by atoms with Crippen LogP contribution in [0.1, 0.15) is 23.0 Å². The Labute approximate surface area is 184 Å². The van der Waals surface area contributed by atoms with Gasteiger partial charge in [0.2, 0.25) is 0 Å². The van der Waals surface area contributed by atoms with Crippen LogP contribution >= 0.6 is 22.7 Å². The fraction of sp³-hybridized carbons (Fsp3) is 0.238. The number of aryl methyl sites for hydroxylation is 1. The van der Waals surface area contributed by atoms with Gasteiger partial charge in [0.05, 0.1) is 20.0 Å². The summed E-state index contributed by atoms with van der Waals surface area (Å²) in [6.07, 6.45) is 0.883. The molecule has 0 saturated carbocycles. The van der Waals surface area contributed by atoms with Crippen LogP contribution in [0.2, 0.25) is 0 Å². The lowest BCUT2D eigenvalue weighted by Crippen LogP contribution is -2.17. The summed E-state index contributed by atoms with van der Waals surface area (Å²) < 4.78 is 15.2. The molecular formula is C21H17N3O5S2. The molecule has 0 aliphatic carbocycles. The Hall–Kier alpha value is -3.24. The number of hydrogen-bond donors (Lipinski definition) is 0. The van der Waals surface area contributed by atoms with Gasteiger partial charge in [0.1, 0.15) is 13.2 Å². The fourth-order valence-electron chi connectivity index (χ4n) is 3.52. The lowest BCUT2D eigenvalue weighted by molar-refractivity contribution is -0.384. The number of non-ortho nitro benzene ring substituents is 1. The van der Waals surface area contributed by atoms with Crippen LogP contribution in [-0.4, -0.2) is 28.6 Å². The van der Waals surface area contributed by atoms with Crippen molar-refractivity contribution < 1.29 is 19.2 Å². The van der Waals surface area contributed by atoms with E-state index in [4.69, 9.17) is 9.47 Å². The van der Waals surface area contributed by atoms with Gasteiger partial charge in [0.25, 0.3) is 11.6 Å². The van der Waals surface area contributed by atoms with Gasteiger partial charge in [-0.05, 0) is 18.6 Å². The lowest BCUT2D eigenvalue weighted by atomic mass is 10.2. The topological polar surface area (TPSA) is 96.0 Å². The highest BCUT2D eigenvalue weighted by molar-refractivity contribution is 7.21. The van der Waals surface area contributed by atoms with Crippen molar-refractivity contribution in [3.05, 3.63) is 56.2 Å². The molecule has 0 radical (unpaired) electrons. The SMILES string of the molecule is CCCn1c(=NC(=O)c2cc3cc([N+](=O)[O-])ccc3s2)sc2cc3c(cc21)OCCO3. The van der Waals surface area contributed by atoms with Crippen LogP contribution in [0.15, 0.2) is 41.4 Å². The third-order valence-electron chi connectivity index (χ3n) is 4.91. The Bertz CT molecular complexity index is 1420. The molecule has 0 bridgehead atoms. The molecule has 0 fully saturated rings. The van der Waals surface area contributed by atoms with Gasteiger partial charge in [0.15, 0.2) is 16.3 Å². The van der Waals surface area contributed by atoms with E-state index in [1.54, 1.807) is 12.1 Å². The van der Waals surface area contributed by atoms with Crippen LogP contribution in [0.5, 0.6) is 11.5 Å². The quantitative estimate of drug-likeness (QED) is 0.327. The molecule has 0 atom stereocenters. The summed E-state index contributed by atoms with van der Waals surface area (Å²) in [5.41, 5.74) is 0.953. The maximum atomic E-state index is 12.9. The maximum Gasteiger partial charge on any atom is 0.289 e. The number of aromatic nitrogens is 1. The standard InChI is InChI=1S/C21H17N3O5S2/c1-2-5-23-14-10-15-16(29-7-6-28-15)11-18(14)31-21(23)22-20(25)19-9-12-8-13(24(26)27)3-4-17(12)30-19/h3-4,8-11H,2,5-7H2,1H3. The molecular weight excluding hydrogens is 438 g/mol. The summed E-state index contributed by atoms with van der Waals surface area (Å²) >= 11 is 2.71. The van der Waals surface area contributed by atoms with Gasteiger partial charge in [-0.2, -0.15) is 4.99 Å². The molecule has 8 nitrogen and oxygen atoms in total. The van der Waals surface area contributed by atoms with E-state index in [2.05, 4.69) is 11.9 Å². The van der Waals surface area contributed by atoms with Gasteiger partial charge in [-0.25, -0.2) is 0 Å². The van der Waals surface area contributed by atoms with Gasteiger partial charge in [0, 0.05) is 40.9 Å². The summed E-state index contributed by atoms with van der Waals surface area (Å²) in [6, 6.07) is 10.1. The number of carbonyl (C=O) groups excluding carboxylic acids is 1. The Morgan fingerprint density at radius 2 is 1.90 bits per heavy atom. The number of carbonyl (C=O) groups is 1. The average molecular weight is 456 g/mol. The van der Waals surface area contributed by atoms with Crippen LogP contribution in [0, 0.1) is 10.1 Å². The molecule has 2 aromatic carbocycles. The molecule has 0 spiro atoms. The van der Waals surface area contributed by atoms with Crippen LogP contribution in [0.4, 0.5) is 5.69 Å². The highest BCUT2D eigenvalue weighted by atomic mass is 32.1. The van der Waals surface area contributed by atoms with Crippen molar-refractivity contribution >= 4 is 54.6 Å². The summed E-state index contributed by atoms with van der Waals surface area (Å²) in [7, 11) is 0. The maximum absolute atomic E-state index is 12.9. The fourth-order valence-corrected chi connectivity index (χ4v) is 5.52. The number of ether oxygens (including phenoxy) is 2. The molecule has 5 rings (SSSR count). The van der Waals surface area contributed by atoms with E-state index in [0.717, 1.165) is 21.3 Å². The van der Waals surface area contributed by atoms with E-state index in [0.29, 0.717) is 46.3 Å². The van der Waals surface area contributed by atoms with E-state index in [1.165, 1.54) is 34.8 Å². The smallest absolute Gasteiger partial charge is 0.289 e. The highest BCUT2D eigenvalue weighted by Crippen LogP contribution is 2.36. The van der Waals surface area contributed by atoms with Gasteiger partial charge in [-0.3, -0.25) is 14.9 Å². The van der Waals surface area contributed by atoms with Crippen LogP contribution < -0.4 is 14.3 Å². The van der Waals surface area contributed by atoms with E-state index in [-0.39, 0.29) is 11.6 Å². The molecule has 3 heterocycles. The monoisotopic (exact) mass is 455 g/mol. The van der Waals surface area contributed by atoms with E-state index in [1.807, 2.05) is 16.7 Å². The first-order chi connectivity index (χ1) is 15.0. The molecule has 31 heavy (non-hydrogen) atoms. The molecule has 1 aliphatic heterocycles. The van der Waals surface area contributed by atoms with E-state index >= 15 is 0 Å². The molecule has 1 aliphatic rings. The van der Waals surface area contributed by atoms with Crippen molar-refractivity contribution in [1.82, 2.24) is 4.57 Å². The zero-order chi connectivity index (χ0) is 21.5. The normalized spacial score (nSPS) is 13.8. The minimum Gasteiger partial charge on any atom is -0.486 e. The van der Waals surface area contributed by atoms with E-state index in [9.17, 15) is 14.9 Å². The van der Waals surface area contributed by atoms with Gasteiger partial charge >= 0.3 is 0 Å². The zero-order valence-electron chi connectivity index (χ0n) is 16.5. The van der Waals surface area contributed by atoms with Gasteiger partial charge < -0.3 is 14.0 Å². The molecule has 1 amide bonds. The molecule has 0 unspecified atom stereocenters. The number of nitro groups is 1. The molecule has 0 N–H and O–H groups in total. The van der Waals surface area contributed by atoms with Crippen LogP contribution in [0.25, 0.3) is 20.3 Å². The van der Waals surface area contributed by atoms with Crippen molar-refractivity contribution in [2.24, 2.45) is 4.99 Å². The first-order valence-electron chi connectivity index (χ1n) is 9.73. The number of nitrogens with zero attached hydrogens (tertiary/aromatic N) is 3. The van der Waals surface area contributed by atoms with Crippen molar-refractivity contribution in [2.45, 2.75) is 19.9 Å². The van der Waals surface area contributed by atoms with Crippen LogP contribution in [-0.2, 0) is 6.54 Å². The Balaban J connectivity index is 1.59. The molecule has 2 aromatic heterocycles. The molecule has 4 aromatic rings. The average Bonchev–Trinajstić information content (AvgIpc) is 3.33. The van der Waals surface area contributed by atoms with Gasteiger partial charge in [-0.15, -0.1) is 11.3 Å². The van der Waals surface area contributed by atoms with Crippen molar-refractivity contribution in [3.8, 4) is 11.5 Å². The predicted octanol–water partition coefficient (Wildman–Crippen LogP) is 4.75. The Kier molecular flexibility index (Phi) is 4.95. The number of amides is 1. The number of benzene rings is 2. The second-order valence-corrected chi connectivity index (χ2v) is 9.10. The largest absolute Gasteiger partial charge is 0.486 e. The number of rotatable bonds is 4. The zero-order valence-corrected chi connectivity index (χ0v) is 18.1. The first-order valence-corrected chi connectivity index (χ1v) is 11.4. The number of fused-ring (bicyclic) bond motifs is 3. The second kappa shape index (κ2) is 7.78. The Morgan fingerprint density at radius 1 is 1.13 bits per heavy atom. The van der Waals surface area contributed by atoms with Crippen molar-refractivity contribution in [3.63, 3.8) is 0 Å². The lowest BCUT2D eigenvalue weighted by Gasteiger charge is -2.18. The van der Waals surface area contributed by atoms with E-state index < -0.39 is 4.92 Å². The van der Waals surface area contributed by atoms with Crippen LogP contribution in [0.3, 0.4) is 0 Å². The minimum absolute atomic E-state index is 0.0000588. The Morgan fingerprint density at radius 3 is 2.65 bits per heavy atom. The van der Waals surface area contributed by atoms with Crippen molar-refractivity contribution in [2.75, 3.05) is 13.2 Å². The van der Waals surface area contributed by atoms with Crippen molar-refractivity contribution in [1.29, 1.82) is 0 Å². The summed E-state index contributed by atoms with van der Waals surface area (Å²) in [5.74, 6) is 1.04. The number of hydrogen-bond acceptors (Lipinski definition) is 7. The number of thiophene rings is 1. The third-order valence-corrected chi connectivity index (χ3v) is 7.06.